The highest BCUT2D eigenvalue weighted by Gasteiger charge is 2.10. The average molecular weight is 376 g/mol. The van der Waals surface area contributed by atoms with E-state index in [9.17, 15) is 4.79 Å². The molecule has 5 nitrogen and oxygen atoms in total. The summed E-state index contributed by atoms with van der Waals surface area (Å²) in [6.07, 6.45) is 6.54. The number of unbranched alkanes of at least 4 members (excludes halogenated alkanes) is 1. The monoisotopic (exact) mass is 376 g/mol. The van der Waals surface area contributed by atoms with Crippen molar-refractivity contribution in [2.24, 2.45) is 0 Å². The van der Waals surface area contributed by atoms with Gasteiger partial charge in [0.25, 0.3) is 0 Å². The van der Waals surface area contributed by atoms with E-state index in [1.165, 1.54) is 24.6 Å². The van der Waals surface area contributed by atoms with Crippen LogP contribution in [-0.2, 0) is 6.42 Å². The van der Waals surface area contributed by atoms with Crippen molar-refractivity contribution >= 4 is 5.97 Å². The number of hydrogen-bond donors (Lipinski definition) is 0. The number of esters is 1. The number of nitrogens with zero attached hydrogens (tertiary/aromatic N) is 2. The molecule has 0 aliphatic heterocycles. The van der Waals surface area contributed by atoms with Crippen LogP contribution in [0.3, 0.4) is 0 Å². The zero-order valence-corrected chi connectivity index (χ0v) is 16.2. The molecule has 0 N–H and O–H groups in total. The minimum atomic E-state index is -0.481. The first kappa shape index (κ1) is 19.5. The summed E-state index contributed by atoms with van der Waals surface area (Å²) in [6, 6.07) is 15.1. The molecule has 0 aliphatic carbocycles. The Balaban J connectivity index is 1.63. The normalized spacial score (nSPS) is 10.5. The summed E-state index contributed by atoms with van der Waals surface area (Å²) in [6.45, 7) is 4.67. The lowest BCUT2D eigenvalue weighted by Crippen LogP contribution is -2.09. The Hall–Kier alpha value is -3.21. The Labute approximate surface area is 165 Å². The van der Waals surface area contributed by atoms with Crippen molar-refractivity contribution in [1.82, 2.24) is 9.97 Å². The zero-order valence-electron chi connectivity index (χ0n) is 16.2. The maximum atomic E-state index is 12.2. The van der Waals surface area contributed by atoms with Crippen LogP contribution in [0.15, 0.2) is 60.9 Å². The Morgan fingerprint density at radius 2 is 1.68 bits per heavy atom. The fourth-order valence-corrected chi connectivity index (χ4v) is 2.75. The molecule has 1 aromatic heterocycles. The van der Waals surface area contributed by atoms with Gasteiger partial charge in [0.05, 0.1) is 30.3 Å². The van der Waals surface area contributed by atoms with Crippen LogP contribution in [0.25, 0.3) is 11.3 Å². The zero-order chi connectivity index (χ0) is 19.8. The summed E-state index contributed by atoms with van der Waals surface area (Å²) < 4.78 is 10.7. The average Bonchev–Trinajstić information content (AvgIpc) is 2.74. The van der Waals surface area contributed by atoms with Gasteiger partial charge < -0.3 is 9.47 Å². The lowest BCUT2D eigenvalue weighted by atomic mass is 10.1. The highest BCUT2D eigenvalue weighted by molar-refractivity contribution is 5.90. The second kappa shape index (κ2) is 9.65. The molecule has 0 bridgehead atoms. The molecular formula is C23H24N2O3. The molecule has 144 valence electrons. The summed E-state index contributed by atoms with van der Waals surface area (Å²) >= 11 is 0. The van der Waals surface area contributed by atoms with Gasteiger partial charge in [-0.1, -0.05) is 37.6 Å². The van der Waals surface area contributed by atoms with Crippen molar-refractivity contribution in [3.05, 3.63) is 72.1 Å². The Bertz CT molecular complexity index is 889. The van der Waals surface area contributed by atoms with Crippen molar-refractivity contribution in [3.8, 4) is 22.9 Å². The van der Waals surface area contributed by atoms with Gasteiger partial charge in [0.2, 0.25) is 5.88 Å². The van der Waals surface area contributed by atoms with Gasteiger partial charge in [-0.15, -0.1) is 0 Å². The Morgan fingerprint density at radius 1 is 0.929 bits per heavy atom. The van der Waals surface area contributed by atoms with Crippen molar-refractivity contribution in [3.63, 3.8) is 0 Å². The van der Waals surface area contributed by atoms with Crippen LogP contribution in [0.4, 0.5) is 0 Å². The van der Waals surface area contributed by atoms with Crippen molar-refractivity contribution in [2.75, 3.05) is 6.61 Å². The third-order valence-electron chi connectivity index (χ3n) is 4.30. The quantitative estimate of drug-likeness (QED) is 0.512. The molecule has 1 heterocycles. The summed E-state index contributed by atoms with van der Waals surface area (Å²) in [5, 5.41) is 0. The molecule has 0 saturated carbocycles. The number of aryl methyl sites for hydroxylation is 1. The molecule has 0 aliphatic rings. The second-order valence-corrected chi connectivity index (χ2v) is 6.39. The molecular weight excluding hydrogens is 352 g/mol. The largest absolute Gasteiger partial charge is 0.494 e. The Morgan fingerprint density at radius 3 is 2.29 bits per heavy atom. The SMILES string of the molecule is CCCCc1ccc(-c2cnc(OC(=O)c3ccc(OCC)cc3)cn2)cc1. The molecule has 0 amide bonds. The molecule has 0 unspecified atom stereocenters. The highest BCUT2D eigenvalue weighted by Crippen LogP contribution is 2.20. The van der Waals surface area contributed by atoms with E-state index in [1.807, 2.05) is 19.1 Å². The molecule has 2 aromatic carbocycles. The summed E-state index contributed by atoms with van der Waals surface area (Å²) in [5.74, 6) is 0.400. The number of ether oxygens (including phenoxy) is 2. The molecule has 0 atom stereocenters. The van der Waals surface area contributed by atoms with Gasteiger partial charge in [-0.25, -0.2) is 14.8 Å². The second-order valence-electron chi connectivity index (χ2n) is 6.39. The van der Waals surface area contributed by atoms with Gasteiger partial charge in [-0.05, 0) is 49.6 Å². The first-order chi connectivity index (χ1) is 13.7. The lowest BCUT2D eigenvalue weighted by molar-refractivity contribution is 0.0727. The predicted molar refractivity (Wildman–Crippen MR) is 109 cm³/mol. The minimum Gasteiger partial charge on any atom is -0.494 e. The third-order valence-corrected chi connectivity index (χ3v) is 4.30. The molecule has 5 heteroatoms. The van der Waals surface area contributed by atoms with Gasteiger partial charge in [0.15, 0.2) is 0 Å². The topological polar surface area (TPSA) is 61.3 Å². The fourth-order valence-electron chi connectivity index (χ4n) is 2.75. The lowest BCUT2D eigenvalue weighted by Gasteiger charge is -2.06. The highest BCUT2D eigenvalue weighted by atomic mass is 16.5. The summed E-state index contributed by atoms with van der Waals surface area (Å²) in [7, 11) is 0. The van der Waals surface area contributed by atoms with E-state index in [1.54, 1.807) is 30.5 Å². The molecule has 0 saturated heterocycles. The molecule has 0 radical (unpaired) electrons. The van der Waals surface area contributed by atoms with E-state index in [2.05, 4.69) is 29.0 Å². The van der Waals surface area contributed by atoms with Crippen molar-refractivity contribution < 1.29 is 14.3 Å². The van der Waals surface area contributed by atoms with E-state index in [4.69, 9.17) is 9.47 Å². The molecule has 28 heavy (non-hydrogen) atoms. The van der Waals surface area contributed by atoms with Crippen LogP contribution in [-0.4, -0.2) is 22.5 Å². The summed E-state index contributed by atoms with van der Waals surface area (Å²) in [5.41, 5.74) is 3.47. The van der Waals surface area contributed by atoms with Gasteiger partial charge in [0.1, 0.15) is 5.75 Å². The number of carbonyl (C=O) groups excluding carboxylic acids is 1. The van der Waals surface area contributed by atoms with Crippen LogP contribution < -0.4 is 9.47 Å². The van der Waals surface area contributed by atoms with Gasteiger partial charge in [-0.2, -0.15) is 0 Å². The van der Waals surface area contributed by atoms with E-state index >= 15 is 0 Å². The first-order valence-electron chi connectivity index (χ1n) is 9.56. The van der Waals surface area contributed by atoms with E-state index < -0.39 is 5.97 Å². The Kier molecular flexibility index (Phi) is 6.73. The molecule has 3 aromatic rings. The van der Waals surface area contributed by atoms with E-state index in [0.29, 0.717) is 17.9 Å². The maximum absolute atomic E-state index is 12.2. The van der Waals surface area contributed by atoms with Gasteiger partial charge in [-0.3, -0.25) is 0 Å². The fraction of sp³-hybridized carbons (Fsp3) is 0.261. The van der Waals surface area contributed by atoms with Crippen LogP contribution in [0.5, 0.6) is 11.6 Å². The standard InChI is InChI=1S/C23H24N2O3/c1-3-5-6-17-7-9-18(10-8-17)21-15-25-22(16-24-21)28-23(26)19-11-13-20(14-12-19)27-4-2/h7-16H,3-6H2,1-2H3. The molecule has 3 rings (SSSR count). The third kappa shape index (κ3) is 5.16. The van der Waals surface area contributed by atoms with Gasteiger partial charge in [0, 0.05) is 5.56 Å². The smallest absolute Gasteiger partial charge is 0.344 e. The first-order valence-corrected chi connectivity index (χ1v) is 9.56. The number of hydrogen-bond acceptors (Lipinski definition) is 5. The van der Waals surface area contributed by atoms with E-state index in [-0.39, 0.29) is 5.88 Å². The maximum Gasteiger partial charge on any atom is 0.344 e. The van der Waals surface area contributed by atoms with Crippen LogP contribution in [0.2, 0.25) is 0 Å². The number of carbonyl (C=O) groups is 1. The van der Waals surface area contributed by atoms with Crippen LogP contribution in [0.1, 0.15) is 42.6 Å². The number of benzene rings is 2. The van der Waals surface area contributed by atoms with Crippen LogP contribution >= 0.6 is 0 Å². The number of rotatable bonds is 8. The van der Waals surface area contributed by atoms with Crippen molar-refractivity contribution in [1.29, 1.82) is 0 Å². The minimum absolute atomic E-state index is 0.169. The van der Waals surface area contributed by atoms with Crippen molar-refractivity contribution in [2.45, 2.75) is 33.1 Å². The molecule has 0 fully saturated rings. The molecule has 0 spiro atoms. The van der Waals surface area contributed by atoms with E-state index in [0.717, 1.165) is 17.7 Å². The van der Waals surface area contributed by atoms with Gasteiger partial charge >= 0.3 is 5.97 Å². The summed E-state index contributed by atoms with van der Waals surface area (Å²) in [4.78, 5) is 20.8. The van der Waals surface area contributed by atoms with Crippen LogP contribution in [0, 0.1) is 0 Å². The number of aromatic nitrogens is 2. The predicted octanol–water partition coefficient (Wildman–Crippen LogP) is 5.10.